The molecule has 4 heteroatoms. The maximum atomic E-state index is 9.69. The van der Waals surface area contributed by atoms with Crippen LogP contribution in [0.5, 0.6) is 5.75 Å². The van der Waals surface area contributed by atoms with Crippen molar-refractivity contribution in [1.82, 2.24) is 5.32 Å². The molecular weight excluding hydrogens is 238 g/mol. The number of hydrogen-bond acceptors (Lipinski definition) is 3. The van der Waals surface area contributed by atoms with Gasteiger partial charge in [0.2, 0.25) is 0 Å². The minimum absolute atomic E-state index is 0.152. The first kappa shape index (κ1) is 12.0. The zero-order chi connectivity index (χ0) is 12.1. The van der Waals surface area contributed by atoms with Crippen LogP contribution in [0.1, 0.15) is 11.3 Å². The van der Waals surface area contributed by atoms with Crippen LogP contribution in [0.2, 0.25) is 5.02 Å². The molecular formula is C13H14ClNO2. The van der Waals surface area contributed by atoms with E-state index in [4.69, 9.17) is 16.0 Å². The lowest BCUT2D eigenvalue weighted by atomic mass is 10.2. The molecule has 0 bridgehead atoms. The van der Waals surface area contributed by atoms with E-state index in [1.54, 1.807) is 12.3 Å². The molecule has 1 aromatic heterocycles. The summed E-state index contributed by atoms with van der Waals surface area (Å²) in [5.74, 6) is 1.10. The molecule has 0 aliphatic carbocycles. The van der Waals surface area contributed by atoms with Crippen LogP contribution >= 0.6 is 11.6 Å². The van der Waals surface area contributed by atoms with Crippen LogP contribution in [0.4, 0.5) is 0 Å². The molecule has 0 saturated carbocycles. The lowest BCUT2D eigenvalue weighted by molar-refractivity contribution is 0.463. The standard InChI is InChI=1S/C13H14ClNO2/c14-12-5-1-3-10(13(12)16)9-15-7-6-11-4-2-8-17-11/h1-5,8,15-16H,6-7,9H2. The van der Waals surface area contributed by atoms with Crippen LogP contribution in [-0.2, 0) is 13.0 Å². The van der Waals surface area contributed by atoms with Crippen LogP contribution < -0.4 is 5.32 Å². The number of phenolic OH excluding ortho intramolecular Hbond substituents is 1. The Bertz CT molecular complexity index is 468. The molecule has 0 radical (unpaired) electrons. The molecule has 0 saturated heterocycles. The van der Waals surface area contributed by atoms with Gasteiger partial charge >= 0.3 is 0 Å². The van der Waals surface area contributed by atoms with Gasteiger partial charge in [-0.05, 0) is 18.2 Å². The molecule has 2 aromatic rings. The first-order valence-electron chi connectivity index (χ1n) is 5.47. The number of furan rings is 1. The number of halogens is 1. The highest BCUT2D eigenvalue weighted by Crippen LogP contribution is 2.26. The van der Waals surface area contributed by atoms with Crippen molar-refractivity contribution in [1.29, 1.82) is 0 Å². The summed E-state index contributed by atoms with van der Waals surface area (Å²) in [5.41, 5.74) is 0.803. The van der Waals surface area contributed by atoms with Gasteiger partial charge in [-0.15, -0.1) is 0 Å². The molecule has 2 N–H and O–H groups in total. The van der Waals surface area contributed by atoms with Gasteiger partial charge in [0.1, 0.15) is 11.5 Å². The molecule has 0 fully saturated rings. The van der Waals surface area contributed by atoms with Crippen molar-refractivity contribution in [2.45, 2.75) is 13.0 Å². The number of hydrogen-bond donors (Lipinski definition) is 2. The molecule has 3 nitrogen and oxygen atoms in total. The third kappa shape index (κ3) is 3.25. The minimum atomic E-state index is 0.152. The van der Waals surface area contributed by atoms with E-state index in [1.165, 1.54) is 0 Å². The highest BCUT2D eigenvalue weighted by Gasteiger charge is 2.04. The fourth-order valence-corrected chi connectivity index (χ4v) is 1.79. The van der Waals surface area contributed by atoms with Gasteiger partial charge < -0.3 is 14.8 Å². The smallest absolute Gasteiger partial charge is 0.138 e. The number of para-hydroxylation sites is 1. The van der Waals surface area contributed by atoms with E-state index in [0.717, 1.165) is 24.3 Å². The highest BCUT2D eigenvalue weighted by molar-refractivity contribution is 6.32. The molecule has 1 aromatic carbocycles. The lowest BCUT2D eigenvalue weighted by Crippen LogP contribution is -2.16. The van der Waals surface area contributed by atoms with Crippen molar-refractivity contribution in [2.24, 2.45) is 0 Å². The van der Waals surface area contributed by atoms with E-state index < -0.39 is 0 Å². The number of nitrogens with one attached hydrogen (secondary N) is 1. The topological polar surface area (TPSA) is 45.4 Å². The molecule has 2 rings (SSSR count). The van der Waals surface area contributed by atoms with Crippen molar-refractivity contribution < 1.29 is 9.52 Å². The second kappa shape index (κ2) is 5.75. The van der Waals surface area contributed by atoms with E-state index in [9.17, 15) is 5.11 Å². The number of benzene rings is 1. The molecule has 90 valence electrons. The average Bonchev–Trinajstić information content (AvgIpc) is 2.83. The molecule has 0 aliphatic heterocycles. The van der Waals surface area contributed by atoms with Gasteiger partial charge in [0.25, 0.3) is 0 Å². The van der Waals surface area contributed by atoms with Crippen molar-refractivity contribution in [3.63, 3.8) is 0 Å². The summed E-state index contributed by atoms with van der Waals surface area (Å²) in [4.78, 5) is 0. The van der Waals surface area contributed by atoms with E-state index in [1.807, 2.05) is 24.3 Å². The van der Waals surface area contributed by atoms with Gasteiger partial charge in [0.05, 0.1) is 11.3 Å². The SMILES string of the molecule is Oc1c(Cl)cccc1CNCCc1ccco1. The highest BCUT2D eigenvalue weighted by atomic mass is 35.5. The zero-order valence-corrected chi connectivity index (χ0v) is 10.1. The second-order valence-corrected chi connectivity index (χ2v) is 4.16. The van der Waals surface area contributed by atoms with Crippen LogP contribution in [-0.4, -0.2) is 11.7 Å². The third-order valence-electron chi connectivity index (χ3n) is 2.51. The predicted octanol–water partition coefficient (Wildman–Crippen LogP) is 2.97. The fraction of sp³-hybridized carbons (Fsp3) is 0.231. The monoisotopic (exact) mass is 251 g/mol. The molecule has 0 unspecified atom stereocenters. The van der Waals surface area contributed by atoms with Crippen LogP contribution in [0, 0.1) is 0 Å². The molecule has 1 heterocycles. The summed E-state index contributed by atoms with van der Waals surface area (Å²) in [7, 11) is 0. The van der Waals surface area contributed by atoms with Crippen LogP contribution in [0.3, 0.4) is 0 Å². The van der Waals surface area contributed by atoms with Crippen molar-refractivity contribution in [3.8, 4) is 5.75 Å². The Kier molecular flexibility index (Phi) is 4.07. The Morgan fingerprint density at radius 3 is 2.88 bits per heavy atom. The third-order valence-corrected chi connectivity index (χ3v) is 2.82. The maximum absolute atomic E-state index is 9.69. The largest absolute Gasteiger partial charge is 0.506 e. The normalized spacial score (nSPS) is 10.6. The Morgan fingerprint density at radius 2 is 2.12 bits per heavy atom. The van der Waals surface area contributed by atoms with E-state index in [0.29, 0.717) is 11.6 Å². The van der Waals surface area contributed by atoms with Gasteiger partial charge in [-0.25, -0.2) is 0 Å². The zero-order valence-electron chi connectivity index (χ0n) is 9.32. The quantitative estimate of drug-likeness (QED) is 0.803. The minimum Gasteiger partial charge on any atom is -0.506 e. The summed E-state index contributed by atoms with van der Waals surface area (Å²) >= 11 is 5.82. The average molecular weight is 252 g/mol. The molecule has 17 heavy (non-hydrogen) atoms. The molecule has 0 spiro atoms. The fourth-order valence-electron chi connectivity index (χ4n) is 1.59. The maximum Gasteiger partial charge on any atom is 0.138 e. The summed E-state index contributed by atoms with van der Waals surface area (Å²) in [6, 6.07) is 9.16. The van der Waals surface area contributed by atoms with Crippen molar-refractivity contribution in [3.05, 3.63) is 52.9 Å². The van der Waals surface area contributed by atoms with E-state index >= 15 is 0 Å². The molecule has 0 amide bonds. The summed E-state index contributed by atoms with van der Waals surface area (Å²) in [6.07, 6.45) is 2.49. The Morgan fingerprint density at radius 1 is 1.24 bits per heavy atom. The second-order valence-electron chi connectivity index (χ2n) is 3.75. The van der Waals surface area contributed by atoms with Gasteiger partial charge in [-0.1, -0.05) is 23.7 Å². The van der Waals surface area contributed by atoms with Gasteiger partial charge in [0.15, 0.2) is 0 Å². The first-order valence-corrected chi connectivity index (χ1v) is 5.84. The first-order chi connectivity index (χ1) is 8.27. The van der Waals surface area contributed by atoms with Crippen molar-refractivity contribution >= 4 is 11.6 Å². The Balaban J connectivity index is 1.80. The number of phenols is 1. The van der Waals surface area contributed by atoms with E-state index in [2.05, 4.69) is 5.32 Å². The summed E-state index contributed by atoms with van der Waals surface area (Å²) < 4.78 is 5.22. The number of rotatable bonds is 5. The molecule has 0 aliphatic rings. The summed E-state index contributed by atoms with van der Waals surface area (Å²) in [5, 5.41) is 13.3. The van der Waals surface area contributed by atoms with Gasteiger partial charge in [-0.3, -0.25) is 0 Å². The summed E-state index contributed by atoms with van der Waals surface area (Å²) in [6.45, 7) is 1.38. The predicted molar refractivity (Wildman–Crippen MR) is 67.2 cm³/mol. The van der Waals surface area contributed by atoms with Gasteiger partial charge in [0, 0.05) is 25.1 Å². The van der Waals surface area contributed by atoms with E-state index in [-0.39, 0.29) is 5.75 Å². The van der Waals surface area contributed by atoms with Gasteiger partial charge in [-0.2, -0.15) is 0 Å². The molecule has 0 atom stereocenters. The van der Waals surface area contributed by atoms with Crippen LogP contribution in [0.15, 0.2) is 41.0 Å². The number of aromatic hydroxyl groups is 1. The van der Waals surface area contributed by atoms with Crippen molar-refractivity contribution in [2.75, 3.05) is 6.54 Å². The van der Waals surface area contributed by atoms with Crippen LogP contribution in [0.25, 0.3) is 0 Å². The Labute approximate surface area is 105 Å². The lowest BCUT2D eigenvalue weighted by Gasteiger charge is -2.07. The Hall–Kier alpha value is -1.45.